The lowest BCUT2D eigenvalue weighted by Crippen LogP contribution is -2.04. The number of carbonyl (C=O) groups excluding carboxylic acids is 1. The maximum atomic E-state index is 11.2. The Balaban J connectivity index is 0.00000288. The summed E-state index contributed by atoms with van der Waals surface area (Å²) in [7, 11) is 0. The van der Waals surface area contributed by atoms with Crippen LogP contribution in [0.15, 0.2) is 24.4 Å². The number of nitrogens with two attached hydrogens (primary N) is 1. The average molecular weight is 355 g/mol. The minimum absolute atomic E-state index is 0. The third-order valence-electron chi connectivity index (χ3n) is 3.75. The number of unbranched alkanes of at least 4 members (excludes halogenated alkanes) is 2. The van der Waals surface area contributed by atoms with Gasteiger partial charge in [-0.15, -0.1) is 12.4 Å². The first-order chi connectivity index (χ1) is 11.2. The van der Waals surface area contributed by atoms with Crippen LogP contribution >= 0.6 is 12.4 Å². The zero-order valence-corrected chi connectivity index (χ0v) is 15.0. The Morgan fingerprint density at radius 1 is 1.25 bits per heavy atom. The molecule has 0 unspecified atom stereocenters. The van der Waals surface area contributed by atoms with Crippen molar-refractivity contribution < 1.29 is 14.3 Å². The molecule has 0 radical (unpaired) electrons. The molecule has 1 aromatic heterocycles. The molecule has 0 saturated carbocycles. The molecule has 2 aromatic rings. The summed E-state index contributed by atoms with van der Waals surface area (Å²) in [4.78, 5) is 14.5. The molecule has 0 fully saturated rings. The zero-order valence-electron chi connectivity index (χ0n) is 14.2. The van der Waals surface area contributed by atoms with Crippen molar-refractivity contribution in [1.82, 2.24) is 4.98 Å². The summed E-state index contributed by atoms with van der Waals surface area (Å²) in [6.45, 7) is 3.57. The van der Waals surface area contributed by atoms with Gasteiger partial charge in [-0.2, -0.15) is 0 Å². The maximum Gasteiger partial charge on any atom is 0.305 e. The van der Waals surface area contributed by atoms with E-state index in [9.17, 15) is 4.79 Å². The maximum absolute atomic E-state index is 11.2. The predicted molar refractivity (Wildman–Crippen MR) is 98.9 cm³/mol. The molecule has 0 bridgehead atoms. The van der Waals surface area contributed by atoms with Gasteiger partial charge in [-0.25, -0.2) is 0 Å². The Hall–Kier alpha value is -1.72. The summed E-state index contributed by atoms with van der Waals surface area (Å²) in [5, 5.41) is 1.18. The van der Waals surface area contributed by atoms with Crippen LogP contribution in [-0.2, 0) is 16.0 Å². The molecule has 3 N–H and O–H groups in total. The number of hydrogen-bond donors (Lipinski definition) is 2. The van der Waals surface area contributed by atoms with Crippen molar-refractivity contribution in [3.05, 3.63) is 30.0 Å². The van der Waals surface area contributed by atoms with Gasteiger partial charge in [0.2, 0.25) is 0 Å². The van der Waals surface area contributed by atoms with E-state index in [0.29, 0.717) is 26.2 Å². The summed E-state index contributed by atoms with van der Waals surface area (Å²) < 4.78 is 10.7. The van der Waals surface area contributed by atoms with Crippen LogP contribution in [0.25, 0.3) is 10.9 Å². The van der Waals surface area contributed by atoms with Gasteiger partial charge in [0.15, 0.2) is 0 Å². The van der Waals surface area contributed by atoms with Crippen molar-refractivity contribution in [2.45, 2.75) is 39.0 Å². The summed E-state index contributed by atoms with van der Waals surface area (Å²) in [5.74, 6) is 0.763. The number of ether oxygens (including phenoxy) is 2. The highest BCUT2D eigenvalue weighted by Gasteiger charge is 2.05. The minimum atomic E-state index is -0.112. The number of halogens is 1. The Morgan fingerprint density at radius 2 is 2.08 bits per heavy atom. The fraction of sp³-hybridized carbons (Fsp3) is 0.500. The van der Waals surface area contributed by atoms with E-state index in [0.717, 1.165) is 36.9 Å². The number of esters is 1. The van der Waals surface area contributed by atoms with Crippen LogP contribution in [-0.4, -0.2) is 30.7 Å². The number of aromatic amines is 1. The standard InChI is InChI=1S/C18H26N2O3.ClH/c1-2-22-18(21)6-4-3-5-11-23-15-7-8-17-16(12-15)14(9-10-19)13-20-17;/h7-8,12-13,20H,2-6,9-11,19H2,1H3;1H. The highest BCUT2D eigenvalue weighted by Crippen LogP contribution is 2.24. The van der Waals surface area contributed by atoms with Crippen LogP contribution in [0.2, 0.25) is 0 Å². The minimum Gasteiger partial charge on any atom is -0.494 e. The number of rotatable bonds is 10. The van der Waals surface area contributed by atoms with Gasteiger partial charge in [-0.05, 0) is 62.9 Å². The first-order valence-corrected chi connectivity index (χ1v) is 8.33. The first kappa shape index (κ1) is 20.3. The summed E-state index contributed by atoms with van der Waals surface area (Å²) in [5.41, 5.74) is 7.97. The Morgan fingerprint density at radius 3 is 2.83 bits per heavy atom. The zero-order chi connectivity index (χ0) is 16.5. The first-order valence-electron chi connectivity index (χ1n) is 8.33. The van der Waals surface area contributed by atoms with Gasteiger partial charge in [-0.3, -0.25) is 4.79 Å². The van der Waals surface area contributed by atoms with E-state index in [4.69, 9.17) is 15.2 Å². The molecule has 24 heavy (non-hydrogen) atoms. The van der Waals surface area contributed by atoms with Gasteiger partial charge in [0.1, 0.15) is 5.75 Å². The van der Waals surface area contributed by atoms with Crippen LogP contribution in [0.5, 0.6) is 5.75 Å². The molecular weight excluding hydrogens is 328 g/mol. The summed E-state index contributed by atoms with van der Waals surface area (Å²) >= 11 is 0. The number of benzene rings is 1. The quantitative estimate of drug-likeness (QED) is 0.505. The van der Waals surface area contributed by atoms with Gasteiger partial charge in [0.05, 0.1) is 13.2 Å². The second-order valence-electron chi connectivity index (χ2n) is 5.52. The molecular formula is C18H27ClN2O3. The van der Waals surface area contributed by atoms with E-state index in [1.54, 1.807) is 0 Å². The van der Waals surface area contributed by atoms with E-state index in [1.165, 1.54) is 10.9 Å². The van der Waals surface area contributed by atoms with Gasteiger partial charge < -0.3 is 20.2 Å². The molecule has 1 heterocycles. The third-order valence-corrected chi connectivity index (χ3v) is 3.75. The SMILES string of the molecule is CCOC(=O)CCCCCOc1ccc2[nH]cc(CCN)c2c1.Cl. The van der Waals surface area contributed by atoms with Crippen molar-refractivity contribution in [2.24, 2.45) is 5.73 Å². The molecule has 1 aromatic carbocycles. The van der Waals surface area contributed by atoms with Crippen LogP contribution in [0.4, 0.5) is 0 Å². The molecule has 0 aliphatic heterocycles. The predicted octanol–water partition coefficient (Wildman–Crippen LogP) is 3.59. The van der Waals surface area contributed by atoms with Gasteiger partial charge >= 0.3 is 5.97 Å². The topological polar surface area (TPSA) is 77.3 Å². The van der Waals surface area contributed by atoms with Gasteiger partial charge in [0, 0.05) is 23.5 Å². The van der Waals surface area contributed by atoms with E-state index in [2.05, 4.69) is 11.1 Å². The molecule has 0 atom stereocenters. The molecule has 0 spiro atoms. The van der Waals surface area contributed by atoms with Crippen LogP contribution in [0.1, 0.15) is 38.2 Å². The Labute approximate surface area is 149 Å². The molecule has 0 amide bonds. The number of hydrogen-bond acceptors (Lipinski definition) is 4. The average Bonchev–Trinajstić information content (AvgIpc) is 2.94. The van der Waals surface area contributed by atoms with Gasteiger partial charge in [-0.1, -0.05) is 0 Å². The second kappa shape index (κ2) is 10.9. The number of fused-ring (bicyclic) bond motifs is 1. The highest BCUT2D eigenvalue weighted by atomic mass is 35.5. The normalized spacial score (nSPS) is 10.4. The van der Waals surface area contributed by atoms with Crippen molar-refractivity contribution >= 4 is 29.3 Å². The lowest BCUT2D eigenvalue weighted by atomic mass is 10.1. The van der Waals surface area contributed by atoms with E-state index < -0.39 is 0 Å². The van der Waals surface area contributed by atoms with Crippen LogP contribution in [0.3, 0.4) is 0 Å². The fourth-order valence-corrected chi connectivity index (χ4v) is 2.58. The number of nitrogens with one attached hydrogen (secondary N) is 1. The van der Waals surface area contributed by atoms with E-state index in [1.807, 2.05) is 25.3 Å². The third kappa shape index (κ3) is 6.06. The Kier molecular flexibility index (Phi) is 9.27. The molecule has 6 heteroatoms. The van der Waals surface area contributed by atoms with Crippen molar-refractivity contribution in [1.29, 1.82) is 0 Å². The van der Waals surface area contributed by atoms with Crippen LogP contribution in [0, 0.1) is 0 Å². The second-order valence-corrected chi connectivity index (χ2v) is 5.52. The number of aromatic nitrogens is 1. The lowest BCUT2D eigenvalue weighted by molar-refractivity contribution is -0.143. The van der Waals surface area contributed by atoms with Gasteiger partial charge in [0.25, 0.3) is 0 Å². The van der Waals surface area contributed by atoms with Crippen molar-refractivity contribution in [3.63, 3.8) is 0 Å². The summed E-state index contributed by atoms with van der Waals surface area (Å²) in [6.07, 6.45) is 6.10. The lowest BCUT2D eigenvalue weighted by Gasteiger charge is -2.07. The number of H-pyrrole nitrogens is 1. The largest absolute Gasteiger partial charge is 0.494 e. The van der Waals surface area contributed by atoms with E-state index >= 15 is 0 Å². The molecule has 0 aliphatic rings. The smallest absolute Gasteiger partial charge is 0.305 e. The molecule has 0 saturated heterocycles. The molecule has 2 rings (SSSR count). The van der Waals surface area contributed by atoms with Crippen molar-refractivity contribution in [3.8, 4) is 5.75 Å². The fourth-order valence-electron chi connectivity index (χ4n) is 2.58. The monoisotopic (exact) mass is 354 g/mol. The summed E-state index contributed by atoms with van der Waals surface area (Å²) in [6, 6.07) is 6.07. The molecule has 5 nitrogen and oxygen atoms in total. The molecule has 134 valence electrons. The van der Waals surface area contributed by atoms with E-state index in [-0.39, 0.29) is 18.4 Å². The molecule has 0 aliphatic carbocycles. The Bertz CT molecular complexity index is 628. The number of carbonyl (C=O) groups is 1. The van der Waals surface area contributed by atoms with Crippen molar-refractivity contribution in [2.75, 3.05) is 19.8 Å². The highest BCUT2D eigenvalue weighted by molar-refractivity contribution is 5.85. The van der Waals surface area contributed by atoms with Crippen LogP contribution < -0.4 is 10.5 Å².